The van der Waals surface area contributed by atoms with Crippen LogP contribution in [0.2, 0.25) is 0 Å². The standard InChI is InChI=1S/C18H24N4O3/c1-17(2,14-7-5-4-6-8-14)15-19-21-22(20-15)18(3,16(23)24)11-13-9-10-25-12-13/h4-8,13H,9-12H2,1-3H3,(H,23,24). The summed E-state index contributed by atoms with van der Waals surface area (Å²) in [5.41, 5.74) is -0.651. The van der Waals surface area contributed by atoms with Crippen molar-refractivity contribution in [1.29, 1.82) is 0 Å². The monoisotopic (exact) mass is 344 g/mol. The lowest BCUT2D eigenvalue weighted by molar-refractivity contribution is -0.149. The van der Waals surface area contributed by atoms with Gasteiger partial charge in [-0.1, -0.05) is 30.3 Å². The van der Waals surface area contributed by atoms with Crippen LogP contribution in [0.1, 0.15) is 45.0 Å². The van der Waals surface area contributed by atoms with E-state index in [4.69, 9.17) is 4.74 Å². The molecule has 134 valence electrons. The average molecular weight is 344 g/mol. The fraction of sp³-hybridized carbons (Fsp3) is 0.556. The number of tetrazole rings is 1. The van der Waals surface area contributed by atoms with E-state index in [9.17, 15) is 9.90 Å². The van der Waals surface area contributed by atoms with Gasteiger partial charge in [0.25, 0.3) is 0 Å². The number of carbonyl (C=O) groups is 1. The highest BCUT2D eigenvalue weighted by molar-refractivity contribution is 5.75. The van der Waals surface area contributed by atoms with Gasteiger partial charge in [0.1, 0.15) is 0 Å². The van der Waals surface area contributed by atoms with Crippen LogP contribution in [0.4, 0.5) is 0 Å². The van der Waals surface area contributed by atoms with E-state index in [-0.39, 0.29) is 5.92 Å². The van der Waals surface area contributed by atoms with Crippen molar-refractivity contribution in [2.75, 3.05) is 13.2 Å². The Hall–Kier alpha value is -2.28. The van der Waals surface area contributed by atoms with Gasteiger partial charge in [0.2, 0.25) is 0 Å². The van der Waals surface area contributed by atoms with Gasteiger partial charge >= 0.3 is 5.97 Å². The molecular formula is C18H24N4O3. The zero-order valence-electron chi connectivity index (χ0n) is 14.8. The number of hydrogen-bond acceptors (Lipinski definition) is 5. The van der Waals surface area contributed by atoms with Crippen LogP contribution in [0.3, 0.4) is 0 Å². The van der Waals surface area contributed by atoms with Crippen molar-refractivity contribution < 1.29 is 14.6 Å². The Labute approximate surface area is 147 Å². The Morgan fingerprint density at radius 1 is 1.32 bits per heavy atom. The molecule has 1 saturated heterocycles. The number of aliphatic carboxylic acids is 1. The highest BCUT2D eigenvalue weighted by atomic mass is 16.5. The molecule has 3 rings (SSSR count). The summed E-state index contributed by atoms with van der Waals surface area (Å²) in [6.07, 6.45) is 1.28. The zero-order valence-corrected chi connectivity index (χ0v) is 14.8. The normalized spacial score (nSPS) is 20.4. The molecule has 2 heterocycles. The molecule has 7 heteroatoms. The van der Waals surface area contributed by atoms with Gasteiger partial charge in [0.05, 0.1) is 5.41 Å². The Bertz CT molecular complexity index is 738. The molecule has 1 aromatic heterocycles. The summed E-state index contributed by atoms with van der Waals surface area (Å²) in [6, 6.07) is 9.89. The quantitative estimate of drug-likeness (QED) is 0.864. The predicted octanol–water partition coefficient (Wildman–Crippen LogP) is 2.23. The van der Waals surface area contributed by atoms with E-state index in [0.29, 0.717) is 25.5 Å². The molecule has 0 spiro atoms. The van der Waals surface area contributed by atoms with Crippen molar-refractivity contribution in [2.24, 2.45) is 5.92 Å². The molecule has 2 atom stereocenters. The molecule has 1 aromatic carbocycles. The second kappa shape index (κ2) is 6.55. The third-order valence-corrected chi connectivity index (χ3v) is 5.08. The first kappa shape index (κ1) is 17.5. The molecular weight excluding hydrogens is 320 g/mol. The molecule has 1 aliphatic rings. The third kappa shape index (κ3) is 3.28. The highest BCUT2D eigenvalue weighted by Crippen LogP contribution is 2.31. The van der Waals surface area contributed by atoms with Crippen LogP contribution in [-0.4, -0.2) is 44.5 Å². The second-order valence-corrected chi connectivity index (χ2v) is 7.41. The van der Waals surface area contributed by atoms with E-state index in [1.54, 1.807) is 6.92 Å². The Morgan fingerprint density at radius 3 is 2.64 bits per heavy atom. The highest BCUT2D eigenvalue weighted by Gasteiger charge is 2.42. The molecule has 0 saturated carbocycles. The Balaban J connectivity index is 1.91. The molecule has 0 radical (unpaired) electrons. The molecule has 7 nitrogen and oxygen atoms in total. The smallest absolute Gasteiger partial charge is 0.333 e. The van der Waals surface area contributed by atoms with E-state index < -0.39 is 16.9 Å². The first-order valence-corrected chi connectivity index (χ1v) is 8.51. The molecule has 25 heavy (non-hydrogen) atoms. The summed E-state index contributed by atoms with van der Waals surface area (Å²) in [6.45, 7) is 6.92. The maximum atomic E-state index is 12.0. The minimum Gasteiger partial charge on any atom is -0.479 e. The minimum atomic E-state index is -1.24. The van der Waals surface area contributed by atoms with Gasteiger partial charge in [0, 0.05) is 13.2 Å². The number of benzene rings is 1. The van der Waals surface area contributed by atoms with Crippen molar-refractivity contribution in [2.45, 2.75) is 44.6 Å². The number of ether oxygens (including phenoxy) is 1. The molecule has 0 amide bonds. The molecule has 1 aliphatic heterocycles. The number of aromatic nitrogens is 4. The van der Waals surface area contributed by atoms with Gasteiger partial charge in [-0.3, -0.25) is 0 Å². The average Bonchev–Trinajstić information content (AvgIpc) is 3.27. The predicted molar refractivity (Wildman–Crippen MR) is 91.2 cm³/mol. The largest absolute Gasteiger partial charge is 0.479 e. The fourth-order valence-corrected chi connectivity index (χ4v) is 3.22. The molecule has 0 aliphatic carbocycles. The van der Waals surface area contributed by atoms with Gasteiger partial charge in [-0.05, 0) is 50.3 Å². The fourth-order valence-electron chi connectivity index (χ4n) is 3.22. The van der Waals surface area contributed by atoms with Gasteiger partial charge < -0.3 is 9.84 Å². The first-order valence-electron chi connectivity index (χ1n) is 8.51. The molecule has 1 N–H and O–H groups in total. The van der Waals surface area contributed by atoms with E-state index in [2.05, 4.69) is 15.4 Å². The summed E-state index contributed by atoms with van der Waals surface area (Å²) >= 11 is 0. The zero-order chi connectivity index (χ0) is 18.1. The topological polar surface area (TPSA) is 90.1 Å². The maximum Gasteiger partial charge on any atom is 0.333 e. The van der Waals surface area contributed by atoms with Crippen LogP contribution >= 0.6 is 0 Å². The number of rotatable bonds is 6. The van der Waals surface area contributed by atoms with E-state index in [0.717, 1.165) is 12.0 Å². The maximum absolute atomic E-state index is 12.0. The third-order valence-electron chi connectivity index (χ3n) is 5.08. The number of carboxylic acids is 1. The first-order chi connectivity index (χ1) is 11.8. The Kier molecular flexibility index (Phi) is 4.60. The minimum absolute atomic E-state index is 0.192. The summed E-state index contributed by atoms with van der Waals surface area (Å²) < 4.78 is 5.38. The molecule has 2 aromatic rings. The van der Waals surface area contributed by atoms with E-state index >= 15 is 0 Å². The number of carboxylic acid groups (broad SMARTS) is 1. The van der Waals surface area contributed by atoms with Crippen LogP contribution in [-0.2, 0) is 20.5 Å². The van der Waals surface area contributed by atoms with Crippen LogP contribution in [0.25, 0.3) is 0 Å². The van der Waals surface area contributed by atoms with Crippen molar-refractivity contribution in [3.8, 4) is 0 Å². The Morgan fingerprint density at radius 2 is 2.04 bits per heavy atom. The van der Waals surface area contributed by atoms with Crippen LogP contribution in [0.15, 0.2) is 30.3 Å². The molecule has 0 bridgehead atoms. The van der Waals surface area contributed by atoms with Crippen molar-refractivity contribution in [1.82, 2.24) is 20.2 Å². The van der Waals surface area contributed by atoms with Crippen LogP contribution < -0.4 is 0 Å². The lowest BCUT2D eigenvalue weighted by atomic mass is 9.84. The summed E-state index contributed by atoms with van der Waals surface area (Å²) in [5, 5.41) is 22.5. The van der Waals surface area contributed by atoms with Gasteiger partial charge in [-0.2, -0.15) is 0 Å². The summed E-state index contributed by atoms with van der Waals surface area (Å²) in [4.78, 5) is 13.2. The lowest BCUT2D eigenvalue weighted by Crippen LogP contribution is -2.42. The molecule has 2 unspecified atom stereocenters. The van der Waals surface area contributed by atoms with Crippen molar-refractivity contribution in [3.63, 3.8) is 0 Å². The lowest BCUT2D eigenvalue weighted by Gasteiger charge is -2.26. The van der Waals surface area contributed by atoms with Crippen LogP contribution in [0, 0.1) is 5.92 Å². The molecule has 1 fully saturated rings. The van der Waals surface area contributed by atoms with Crippen LogP contribution in [0.5, 0.6) is 0 Å². The SMILES string of the molecule is CC(C)(c1ccccc1)c1nnn(C(C)(CC2CCOC2)C(=O)O)n1. The number of hydrogen-bond donors (Lipinski definition) is 1. The second-order valence-electron chi connectivity index (χ2n) is 7.41. The summed E-state index contributed by atoms with van der Waals surface area (Å²) in [7, 11) is 0. The summed E-state index contributed by atoms with van der Waals surface area (Å²) in [5.74, 6) is -0.257. The van der Waals surface area contributed by atoms with Gasteiger partial charge in [-0.15, -0.1) is 15.0 Å². The van der Waals surface area contributed by atoms with E-state index in [1.165, 1.54) is 4.80 Å². The van der Waals surface area contributed by atoms with Crippen molar-refractivity contribution in [3.05, 3.63) is 41.7 Å². The van der Waals surface area contributed by atoms with Gasteiger partial charge in [0.15, 0.2) is 11.4 Å². The van der Waals surface area contributed by atoms with Gasteiger partial charge in [-0.25, -0.2) is 4.79 Å². The van der Waals surface area contributed by atoms with Crippen molar-refractivity contribution >= 4 is 5.97 Å². The number of nitrogens with zero attached hydrogens (tertiary/aromatic N) is 4. The van der Waals surface area contributed by atoms with E-state index in [1.807, 2.05) is 44.2 Å².